The number of nitrogens with one attached hydrogen (secondary N) is 2. The van der Waals surface area contributed by atoms with Crippen molar-refractivity contribution in [1.82, 2.24) is 25.0 Å². The molecule has 0 radical (unpaired) electrons. The van der Waals surface area contributed by atoms with Crippen LogP contribution in [0.15, 0.2) is 25.9 Å². The molecule has 1 atom stereocenters. The number of H-pyrrole nitrogens is 2. The number of rotatable bonds is 4. The van der Waals surface area contributed by atoms with Gasteiger partial charge in [-0.05, 0) is 24.5 Å². The number of hydrogen-bond donors (Lipinski definition) is 2. The van der Waals surface area contributed by atoms with Gasteiger partial charge in [0, 0.05) is 29.9 Å². The molecule has 8 nitrogen and oxygen atoms in total. The molecule has 1 saturated heterocycles. The monoisotopic (exact) mass is 433 g/mol. The molecule has 2 aromatic heterocycles. The molecule has 27 heavy (non-hydrogen) atoms. The van der Waals surface area contributed by atoms with Crippen LogP contribution in [0.5, 0.6) is 0 Å². The van der Waals surface area contributed by atoms with Crippen molar-refractivity contribution in [2.24, 2.45) is 5.92 Å². The first-order valence-corrected chi connectivity index (χ1v) is 9.73. The number of nitrogens with zero attached hydrogens (tertiary/aromatic N) is 3. The Labute approximate surface area is 163 Å². The molecule has 0 saturated carbocycles. The van der Waals surface area contributed by atoms with Gasteiger partial charge in [-0.2, -0.15) is 4.98 Å². The van der Waals surface area contributed by atoms with E-state index < -0.39 is 0 Å². The molecule has 1 aliphatic rings. The van der Waals surface area contributed by atoms with Gasteiger partial charge < -0.3 is 19.4 Å². The maximum atomic E-state index is 12.1. The van der Waals surface area contributed by atoms with Gasteiger partial charge in [0.1, 0.15) is 0 Å². The second-order valence-electron chi connectivity index (χ2n) is 7.34. The van der Waals surface area contributed by atoms with Gasteiger partial charge in [-0.3, -0.25) is 4.79 Å². The molecule has 1 aliphatic heterocycles. The lowest BCUT2D eigenvalue weighted by Crippen LogP contribution is -2.41. The van der Waals surface area contributed by atoms with Crippen molar-refractivity contribution in [2.75, 3.05) is 13.1 Å². The summed E-state index contributed by atoms with van der Waals surface area (Å²) in [7, 11) is 0. The third kappa shape index (κ3) is 3.55. The van der Waals surface area contributed by atoms with Crippen LogP contribution in [0, 0.1) is 5.92 Å². The van der Waals surface area contributed by atoms with Crippen LogP contribution in [0.1, 0.15) is 38.4 Å². The van der Waals surface area contributed by atoms with E-state index in [-0.39, 0.29) is 17.5 Å². The topological polar surface area (TPSA) is 108 Å². The zero-order valence-corrected chi connectivity index (χ0v) is 16.7. The number of aromatic amines is 2. The smallest absolute Gasteiger partial charge is 0.323 e. The Bertz CT molecular complexity index is 1050. The van der Waals surface area contributed by atoms with Gasteiger partial charge in [-0.25, -0.2) is 4.79 Å². The Morgan fingerprint density at radius 2 is 2.15 bits per heavy atom. The molecule has 3 heterocycles. The second-order valence-corrected chi connectivity index (χ2v) is 8.26. The zero-order valence-electron chi connectivity index (χ0n) is 15.1. The molecular formula is C18H20BrN5O3. The third-order valence-corrected chi connectivity index (χ3v) is 5.17. The summed E-state index contributed by atoms with van der Waals surface area (Å²) in [6.45, 7) is 5.53. The van der Waals surface area contributed by atoms with Crippen molar-refractivity contribution in [3.8, 4) is 11.5 Å². The average Bonchev–Trinajstić information content (AvgIpc) is 3.21. The Kier molecular flexibility index (Phi) is 4.63. The highest BCUT2D eigenvalue weighted by molar-refractivity contribution is 9.10. The molecule has 4 rings (SSSR count). The van der Waals surface area contributed by atoms with E-state index >= 15 is 0 Å². The quantitative estimate of drug-likeness (QED) is 0.657. The number of imidazole rings is 1. The minimum absolute atomic E-state index is 0.0480. The summed E-state index contributed by atoms with van der Waals surface area (Å²) in [6, 6.07) is 3.64. The van der Waals surface area contributed by atoms with E-state index in [1.807, 2.05) is 17.0 Å². The summed E-state index contributed by atoms with van der Waals surface area (Å²) in [4.78, 5) is 35.8. The maximum Gasteiger partial charge on any atom is 0.323 e. The first kappa shape index (κ1) is 18.0. The van der Waals surface area contributed by atoms with Crippen LogP contribution in [0.3, 0.4) is 0 Å². The summed E-state index contributed by atoms with van der Waals surface area (Å²) in [5, 5.41) is 4.16. The van der Waals surface area contributed by atoms with Crippen LogP contribution >= 0.6 is 15.9 Å². The normalized spacial score (nSPS) is 18.0. The highest BCUT2D eigenvalue weighted by Gasteiger charge is 2.30. The summed E-state index contributed by atoms with van der Waals surface area (Å²) in [5.74, 6) is 1.58. The number of benzene rings is 1. The second kappa shape index (κ2) is 6.95. The lowest BCUT2D eigenvalue weighted by atomic mass is 9.96. The number of carbonyl (C=O) groups excluding carboxylic acids is 1. The number of amides is 1. The molecule has 1 aromatic carbocycles. The van der Waals surface area contributed by atoms with E-state index in [4.69, 9.17) is 4.52 Å². The number of fused-ring (bicyclic) bond motifs is 1. The fourth-order valence-corrected chi connectivity index (χ4v) is 3.99. The molecule has 1 amide bonds. The number of hydrogen-bond acceptors (Lipinski definition) is 5. The van der Waals surface area contributed by atoms with Crippen LogP contribution < -0.4 is 5.69 Å². The Hall–Kier alpha value is -2.42. The van der Waals surface area contributed by atoms with Gasteiger partial charge in [-0.1, -0.05) is 34.9 Å². The molecule has 2 N–H and O–H groups in total. The molecule has 9 heteroatoms. The van der Waals surface area contributed by atoms with Crippen LogP contribution in [0.4, 0.5) is 0 Å². The molecule has 3 aromatic rings. The molecule has 142 valence electrons. The van der Waals surface area contributed by atoms with Gasteiger partial charge >= 0.3 is 5.69 Å². The highest BCUT2D eigenvalue weighted by Crippen LogP contribution is 2.31. The minimum atomic E-state index is -0.292. The first-order valence-electron chi connectivity index (χ1n) is 8.94. The van der Waals surface area contributed by atoms with E-state index in [0.717, 1.165) is 11.0 Å². The van der Waals surface area contributed by atoms with Crippen molar-refractivity contribution in [3.05, 3.63) is 32.9 Å². The fraction of sp³-hybridized carbons (Fsp3) is 0.444. The summed E-state index contributed by atoms with van der Waals surface area (Å²) in [5.41, 5.74) is 1.65. The predicted octanol–water partition coefficient (Wildman–Crippen LogP) is 3.03. The Morgan fingerprint density at radius 1 is 1.33 bits per heavy atom. The Balaban J connectivity index is 1.64. The van der Waals surface area contributed by atoms with Crippen LogP contribution in [-0.4, -0.2) is 44.0 Å². The van der Waals surface area contributed by atoms with Crippen molar-refractivity contribution < 1.29 is 9.32 Å². The molecule has 1 fully saturated rings. The summed E-state index contributed by atoms with van der Waals surface area (Å²) >= 11 is 3.44. The average molecular weight is 434 g/mol. The molecule has 1 unspecified atom stereocenters. The summed E-state index contributed by atoms with van der Waals surface area (Å²) < 4.78 is 6.30. The first-order chi connectivity index (χ1) is 12.9. The SMILES string of the molecule is CC(C)CN1CC(c2noc(-c3cc(Br)cc4[nH]c(=O)[nH]c34)n2)CCC1=O. The van der Waals surface area contributed by atoms with Gasteiger partial charge in [0.2, 0.25) is 5.91 Å². The van der Waals surface area contributed by atoms with Gasteiger partial charge in [0.15, 0.2) is 5.82 Å². The predicted molar refractivity (Wildman–Crippen MR) is 103 cm³/mol. The van der Waals surface area contributed by atoms with Crippen LogP contribution in [-0.2, 0) is 4.79 Å². The molecule has 0 spiro atoms. The van der Waals surface area contributed by atoms with Crippen molar-refractivity contribution in [3.63, 3.8) is 0 Å². The Morgan fingerprint density at radius 3 is 2.93 bits per heavy atom. The van der Waals surface area contributed by atoms with Gasteiger partial charge in [0.05, 0.1) is 16.6 Å². The molecular weight excluding hydrogens is 414 g/mol. The standard InChI is InChI=1S/C18H20BrN5O3/c1-9(2)7-24-8-10(3-4-14(24)25)16-22-17(27-23-16)12-5-11(19)6-13-15(12)21-18(26)20-13/h5-6,9-10H,3-4,7-8H2,1-2H3,(H2,20,21,26). The third-order valence-electron chi connectivity index (χ3n) is 4.71. The minimum Gasteiger partial charge on any atom is -0.342 e. The number of aromatic nitrogens is 4. The van der Waals surface area contributed by atoms with E-state index in [2.05, 4.69) is 49.9 Å². The van der Waals surface area contributed by atoms with E-state index in [1.165, 1.54) is 0 Å². The number of piperidine rings is 1. The van der Waals surface area contributed by atoms with Crippen molar-refractivity contribution >= 4 is 32.9 Å². The van der Waals surface area contributed by atoms with Crippen LogP contribution in [0.25, 0.3) is 22.5 Å². The van der Waals surface area contributed by atoms with E-state index in [0.29, 0.717) is 53.6 Å². The summed E-state index contributed by atoms with van der Waals surface area (Å²) in [6.07, 6.45) is 1.20. The van der Waals surface area contributed by atoms with E-state index in [1.54, 1.807) is 0 Å². The lowest BCUT2D eigenvalue weighted by Gasteiger charge is -2.32. The zero-order chi connectivity index (χ0) is 19.1. The van der Waals surface area contributed by atoms with Crippen LogP contribution in [0.2, 0.25) is 0 Å². The van der Waals surface area contributed by atoms with Crippen molar-refractivity contribution in [1.29, 1.82) is 0 Å². The van der Waals surface area contributed by atoms with E-state index in [9.17, 15) is 9.59 Å². The fourth-order valence-electron chi connectivity index (χ4n) is 3.53. The highest BCUT2D eigenvalue weighted by atomic mass is 79.9. The van der Waals surface area contributed by atoms with Gasteiger partial charge in [-0.15, -0.1) is 0 Å². The largest absolute Gasteiger partial charge is 0.342 e. The number of likely N-dealkylation sites (tertiary alicyclic amines) is 1. The molecule has 0 bridgehead atoms. The number of halogens is 1. The van der Waals surface area contributed by atoms with Crippen molar-refractivity contribution in [2.45, 2.75) is 32.6 Å². The maximum absolute atomic E-state index is 12.1. The van der Waals surface area contributed by atoms with Gasteiger partial charge in [0.25, 0.3) is 5.89 Å². The number of carbonyl (C=O) groups is 1. The molecule has 0 aliphatic carbocycles. The lowest BCUT2D eigenvalue weighted by molar-refractivity contribution is -0.134.